The Morgan fingerprint density at radius 2 is 1.81 bits per heavy atom. The summed E-state index contributed by atoms with van der Waals surface area (Å²) in [5, 5.41) is 8.94. The molecule has 0 heterocycles. The maximum Gasteiger partial charge on any atom is 0.264 e. The van der Waals surface area contributed by atoms with E-state index >= 15 is 0 Å². The van der Waals surface area contributed by atoms with Gasteiger partial charge in [0.15, 0.2) is 0 Å². The molecule has 0 fully saturated rings. The number of nitrogens with zero attached hydrogens (tertiary/aromatic N) is 2. The van der Waals surface area contributed by atoms with Gasteiger partial charge in [0.1, 0.15) is 0 Å². The molecule has 21 heavy (non-hydrogen) atoms. The Labute approximate surface area is 125 Å². The molecule has 2 aromatic carbocycles. The third-order valence-corrected chi connectivity index (χ3v) is 5.14. The van der Waals surface area contributed by atoms with Gasteiger partial charge in [0.2, 0.25) is 0 Å². The molecule has 0 atom stereocenters. The average Bonchev–Trinajstić information content (AvgIpc) is 2.48. The average molecular weight is 300 g/mol. The highest BCUT2D eigenvalue weighted by molar-refractivity contribution is 7.92. The molecule has 2 rings (SSSR count). The molecule has 0 aliphatic heterocycles. The molecule has 0 N–H and O–H groups in total. The molecule has 0 aliphatic carbocycles. The van der Waals surface area contributed by atoms with Crippen LogP contribution in [0.2, 0.25) is 0 Å². The smallest absolute Gasteiger partial charge is 0.264 e. The normalized spacial score (nSPS) is 10.9. The van der Waals surface area contributed by atoms with Crippen LogP contribution in [0.3, 0.4) is 0 Å². The summed E-state index contributed by atoms with van der Waals surface area (Å²) >= 11 is 0. The minimum atomic E-state index is -3.63. The first-order valence-electron chi connectivity index (χ1n) is 6.59. The summed E-state index contributed by atoms with van der Waals surface area (Å²) in [6.07, 6.45) is 0. The summed E-state index contributed by atoms with van der Waals surface area (Å²) in [4.78, 5) is 0.199. The van der Waals surface area contributed by atoms with Crippen molar-refractivity contribution in [2.45, 2.75) is 18.7 Å². The van der Waals surface area contributed by atoms with Crippen LogP contribution in [0.1, 0.15) is 18.1 Å². The Hall–Kier alpha value is -2.32. The molecule has 0 spiro atoms. The number of anilines is 1. The van der Waals surface area contributed by atoms with Gasteiger partial charge in [-0.15, -0.1) is 0 Å². The van der Waals surface area contributed by atoms with Gasteiger partial charge in [0.25, 0.3) is 10.0 Å². The summed E-state index contributed by atoms with van der Waals surface area (Å²) in [6, 6.07) is 15.6. The van der Waals surface area contributed by atoms with Gasteiger partial charge in [-0.05, 0) is 49.7 Å². The molecule has 0 saturated heterocycles. The van der Waals surface area contributed by atoms with Crippen LogP contribution >= 0.6 is 0 Å². The van der Waals surface area contributed by atoms with Gasteiger partial charge in [-0.3, -0.25) is 4.31 Å². The van der Waals surface area contributed by atoms with Gasteiger partial charge < -0.3 is 0 Å². The molecule has 0 amide bonds. The first-order valence-corrected chi connectivity index (χ1v) is 8.03. The van der Waals surface area contributed by atoms with E-state index in [9.17, 15) is 8.42 Å². The molecular weight excluding hydrogens is 284 g/mol. The minimum Gasteiger partial charge on any atom is -0.267 e. The summed E-state index contributed by atoms with van der Waals surface area (Å²) in [5.41, 5.74) is 1.77. The van der Waals surface area contributed by atoms with Gasteiger partial charge in [0.05, 0.1) is 22.2 Å². The Morgan fingerprint density at radius 3 is 2.33 bits per heavy atom. The van der Waals surface area contributed by atoms with Crippen molar-refractivity contribution in [2.75, 3.05) is 10.8 Å². The molecule has 0 bridgehead atoms. The minimum absolute atomic E-state index is 0.199. The van der Waals surface area contributed by atoms with Crippen LogP contribution in [0.5, 0.6) is 0 Å². The second-order valence-corrected chi connectivity index (χ2v) is 6.46. The van der Waals surface area contributed by atoms with Crippen LogP contribution < -0.4 is 4.31 Å². The van der Waals surface area contributed by atoms with Gasteiger partial charge >= 0.3 is 0 Å². The van der Waals surface area contributed by atoms with Crippen molar-refractivity contribution in [1.82, 2.24) is 0 Å². The molecule has 0 saturated carbocycles. The van der Waals surface area contributed by atoms with Crippen LogP contribution in [0, 0.1) is 18.3 Å². The summed E-state index contributed by atoms with van der Waals surface area (Å²) in [6.45, 7) is 3.86. The number of hydrogen-bond donors (Lipinski definition) is 0. The number of hydrogen-bond acceptors (Lipinski definition) is 3. The summed E-state index contributed by atoms with van der Waals surface area (Å²) in [7, 11) is -3.63. The maximum absolute atomic E-state index is 12.8. The lowest BCUT2D eigenvalue weighted by molar-refractivity contribution is 0.592. The molecule has 2 aromatic rings. The fourth-order valence-electron chi connectivity index (χ4n) is 2.13. The topological polar surface area (TPSA) is 61.2 Å². The highest BCUT2D eigenvalue weighted by Crippen LogP contribution is 2.24. The Kier molecular flexibility index (Phi) is 4.29. The van der Waals surface area contributed by atoms with E-state index in [0.717, 1.165) is 0 Å². The molecule has 108 valence electrons. The molecule has 5 heteroatoms. The lowest BCUT2D eigenvalue weighted by Crippen LogP contribution is -2.30. The molecular formula is C16H16N2O2S. The fourth-order valence-corrected chi connectivity index (χ4v) is 3.69. The van der Waals surface area contributed by atoms with E-state index in [-0.39, 0.29) is 4.90 Å². The van der Waals surface area contributed by atoms with Crippen molar-refractivity contribution >= 4 is 15.7 Å². The van der Waals surface area contributed by atoms with E-state index in [1.54, 1.807) is 50.2 Å². The highest BCUT2D eigenvalue weighted by atomic mass is 32.2. The van der Waals surface area contributed by atoms with E-state index in [4.69, 9.17) is 5.26 Å². The third-order valence-electron chi connectivity index (χ3n) is 3.24. The van der Waals surface area contributed by atoms with Crippen LogP contribution in [-0.2, 0) is 10.0 Å². The Morgan fingerprint density at radius 1 is 1.14 bits per heavy atom. The van der Waals surface area contributed by atoms with Crippen molar-refractivity contribution in [2.24, 2.45) is 0 Å². The van der Waals surface area contributed by atoms with E-state index in [1.807, 2.05) is 12.1 Å². The van der Waals surface area contributed by atoms with Gasteiger partial charge in [-0.1, -0.05) is 18.2 Å². The van der Waals surface area contributed by atoms with Crippen LogP contribution in [-0.4, -0.2) is 15.0 Å². The lowest BCUT2D eigenvalue weighted by Gasteiger charge is -2.23. The van der Waals surface area contributed by atoms with Crippen molar-refractivity contribution in [3.63, 3.8) is 0 Å². The monoisotopic (exact) mass is 300 g/mol. The zero-order valence-corrected chi connectivity index (χ0v) is 12.8. The van der Waals surface area contributed by atoms with Crippen molar-refractivity contribution in [1.29, 1.82) is 5.26 Å². The number of aryl methyl sites for hydroxylation is 1. The summed E-state index contributed by atoms with van der Waals surface area (Å²) < 4.78 is 26.9. The van der Waals surface area contributed by atoms with E-state index in [1.165, 1.54) is 10.4 Å². The molecule has 0 aromatic heterocycles. The number of para-hydroxylation sites is 1. The SMILES string of the molecule is CCN(c1ccccc1)S(=O)(=O)c1ccc(C#N)c(C)c1. The first-order chi connectivity index (χ1) is 10.0. The molecule has 4 nitrogen and oxygen atoms in total. The number of nitriles is 1. The predicted octanol–water partition coefficient (Wildman–Crippen LogP) is 3.08. The van der Waals surface area contributed by atoms with Crippen LogP contribution in [0.25, 0.3) is 0 Å². The highest BCUT2D eigenvalue weighted by Gasteiger charge is 2.23. The lowest BCUT2D eigenvalue weighted by atomic mass is 10.1. The van der Waals surface area contributed by atoms with E-state index < -0.39 is 10.0 Å². The zero-order valence-electron chi connectivity index (χ0n) is 11.9. The number of sulfonamides is 1. The van der Waals surface area contributed by atoms with Crippen molar-refractivity contribution < 1.29 is 8.42 Å². The third kappa shape index (κ3) is 2.91. The number of rotatable bonds is 4. The maximum atomic E-state index is 12.8. The van der Waals surface area contributed by atoms with Crippen molar-refractivity contribution in [3.05, 3.63) is 59.7 Å². The standard InChI is InChI=1S/C16H16N2O2S/c1-3-18(15-7-5-4-6-8-15)21(19,20)16-10-9-14(12-17)13(2)11-16/h4-11H,3H2,1-2H3. The fraction of sp³-hybridized carbons (Fsp3) is 0.188. The van der Waals surface area contributed by atoms with Crippen LogP contribution in [0.15, 0.2) is 53.4 Å². The summed E-state index contributed by atoms with van der Waals surface area (Å²) in [5.74, 6) is 0. The van der Waals surface area contributed by atoms with Gasteiger partial charge in [-0.25, -0.2) is 8.42 Å². The molecule has 0 radical (unpaired) electrons. The second kappa shape index (κ2) is 5.98. The molecule has 0 aliphatic rings. The Bertz CT molecular complexity index is 778. The van der Waals surface area contributed by atoms with Crippen LogP contribution in [0.4, 0.5) is 5.69 Å². The largest absolute Gasteiger partial charge is 0.267 e. The Balaban J connectivity index is 2.50. The molecule has 0 unspecified atom stereocenters. The van der Waals surface area contributed by atoms with Gasteiger partial charge in [-0.2, -0.15) is 5.26 Å². The second-order valence-electron chi connectivity index (χ2n) is 4.59. The first kappa shape index (κ1) is 15.1. The number of benzene rings is 2. The van der Waals surface area contributed by atoms with E-state index in [2.05, 4.69) is 0 Å². The van der Waals surface area contributed by atoms with Crippen molar-refractivity contribution in [3.8, 4) is 6.07 Å². The zero-order chi connectivity index (χ0) is 15.5. The van der Waals surface area contributed by atoms with Gasteiger partial charge in [0, 0.05) is 6.54 Å². The predicted molar refractivity (Wildman–Crippen MR) is 82.5 cm³/mol. The quantitative estimate of drug-likeness (QED) is 0.871. The van der Waals surface area contributed by atoms with E-state index in [0.29, 0.717) is 23.4 Å².